The van der Waals surface area contributed by atoms with E-state index < -0.39 is 5.41 Å². The van der Waals surface area contributed by atoms with Gasteiger partial charge in [0.2, 0.25) is 0 Å². The molecular weight excluding hydrogens is 328 g/mol. The van der Waals surface area contributed by atoms with E-state index in [9.17, 15) is 9.59 Å². The molecule has 146 valence electrons. The molecule has 4 heteroatoms. The third-order valence-corrected chi connectivity index (χ3v) is 8.07. The lowest BCUT2D eigenvalue weighted by Gasteiger charge is -2.61. The SMILES string of the molecule is COC(=O)C[C@]1(C)[C@@H](C(C)(C)C(=O)OC)CC[C@@]23C=C[C@@](C)(CC[C@H]21)C3. The van der Waals surface area contributed by atoms with Crippen LogP contribution in [-0.4, -0.2) is 26.2 Å². The molecule has 4 nitrogen and oxygen atoms in total. The summed E-state index contributed by atoms with van der Waals surface area (Å²) in [4.78, 5) is 25.0. The molecule has 0 radical (unpaired) electrons. The second kappa shape index (κ2) is 6.10. The van der Waals surface area contributed by atoms with Crippen LogP contribution in [0.15, 0.2) is 12.2 Å². The van der Waals surface area contributed by atoms with E-state index in [0.717, 1.165) is 25.7 Å². The molecule has 0 heterocycles. The van der Waals surface area contributed by atoms with Crippen LogP contribution in [0.1, 0.15) is 66.2 Å². The summed E-state index contributed by atoms with van der Waals surface area (Å²) in [6.07, 6.45) is 10.7. The zero-order chi connectivity index (χ0) is 19.4. The zero-order valence-electron chi connectivity index (χ0n) is 17.2. The van der Waals surface area contributed by atoms with Crippen LogP contribution >= 0.6 is 0 Å². The number of hydrogen-bond acceptors (Lipinski definition) is 4. The third kappa shape index (κ3) is 2.71. The largest absolute Gasteiger partial charge is 0.469 e. The normalized spacial score (nSPS) is 41.5. The molecule has 2 bridgehead atoms. The van der Waals surface area contributed by atoms with Gasteiger partial charge in [0.15, 0.2) is 0 Å². The van der Waals surface area contributed by atoms with Crippen molar-refractivity contribution in [3.05, 3.63) is 12.2 Å². The Labute approximate surface area is 157 Å². The fraction of sp³-hybridized carbons (Fsp3) is 0.818. The van der Waals surface area contributed by atoms with Crippen LogP contribution in [0.25, 0.3) is 0 Å². The lowest BCUT2D eigenvalue weighted by Crippen LogP contribution is -2.57. The van der Waals surface area contributed by atoms with Gasteiger partial charge in [0, 0.05) is 0 Å². The summed E-state index contributed by atoms with van der Waals surface area (Å²) in [5.74, 6) is 0.127. The predicted octanol–water partition coefficient (Wildman–Crippen LogP) is 4.53. The van der Waals surface area contributed by atoms with Gasteiger partial charge in [0.1, 0.15) is 0 Å². The Kier molecular flexibility index (Phi) is 4.56. The summed E-state index contributed by atoms with van der Waals surface area (Å²) in [7, 11) is 2.91. The minimum atomic E-state index is -0.623. The molecule has 0 aliphatic heterocycles. The van der Waals surface area contributed by atoms with Crippen molar-refractivity contribution in [2.45, 2.75) is 66.2 Å². The Bertz CT molecular complexity index is 632. The first-order valence-electron chi connectivity index (χ1n) is 9.89. The summed E-state index contributed by atoms with van der Waals surface area (Å²) in [5.41, 5.74) is -0.437. The molecule has 3 aliphatic rings. The van der Waals surface area contributed by atoms with Gasteiger partial charge >= 0.3 is 11.9 Å². The topological polar surface area (TPSA) is 52.6 Å². The Morgan fingerprint density at radius 1 is 1.08 bits per heavy atom. The van der Waals surface area contributed by atoms with Crippen LogP contribution in [0.3, 0.4) is 0 Å². The minimum absolute atomic E-state index is 0.0931. The second-order valence-electron chi connectivity index (χ2n) is 10.1. The van der Waals surface area contributed by atoms with Crippen molar-refractivity contribution in [1.29, 1.82) is 0 Å². The molecular formula is C22H34O4. The Morgan fingerprint density at radius 3 is 2.38 bits per heavy atom. The fourth-order valence-electron chi connectivity index (χ4n) is 6.95. The maximum Gasteiger partial charge on any atom is 0.311 e. The van der Waals surface area contributed by atoms with Crippen molar-refractivity contribution < 1.29 is 19.1 Å². The number of hydrogen-bond donors (Lipinski definition) is 0. The van der Waals surface area contributed by atoms with Gasteiger partial charge in [0.25, 0.3) is 0 Å². The first-order valence-corrected chi connectivity index (χ1v) is 9.89. The molecule has 3 rings (SSSR count). The van der Waals surface area contributed by atoms with Crippen molar-refractivity contribution in [2.24, 2.45) is 33.5 Å². The minimum Gasteiger partial charge on any atom is -0.469 e. The van der Waals surface area contributed by atoms with Crippen molar-refractivity contribution in [2.75, 3.05) is 14.2 Å². The van der Waals surface area contributed by atoms with Gasteiger partial charge in [0.05, 0.1) is 26.1 Å². The molecule has 2 fully saturated rings. The van der Waals surface area contributed by atoms with Gasteiger partial charge in [-0.1, -0.05) is 26.0 Å². The van der Waals surface area contributed by atoms with E-state index in [1.54, 1.807) is 0 Å². The van der Waals surface area contributed by atoms with Gasteiger partial charge in [-0.3, -0.25) is 9.59 Å². The van der Waals surface area contributed by atoms with E-state index in [1.165, 1.54) is 20.6 Å². The van der Waals surface area contributed by atoms with Gasteiger partial charge in [-0.05, 0) is 74.0 Å². The summed E-state index contributed by atoms with van der Waals surface area (Å²) >= 11 is 0. The number of carbonyl (C=O) groups excluding carboxylic acids is 2. The average molecular weight is 363 g/mol. The molecule has 5 atom stereocenters. The Hall–Kier alpha value is -1.32. The summed E-state index contributed by atoms with van der Waals surface area (Å²) in [5, 5.41) is 0. The second-order valence-corrected chi connectivity index (χ2v) is 10.1. The number of fused-ring (bicyclic) bond motifs is 1. The molecule has 2 saturated carbocycles. The number of rotatable bonds is 4. The summed E-state index contributed by atoms with van der Waals surface area (Å²) < 4.78 is 10.2. The van der Waals surface area contributed by atoms with E-state index in [2.05, 4.69) is 26.0 Å². The van der Waals surface area contributed by atoms with E-state index in [0.29, 0.717) is 17.8 Å². The van der Waals surface area contributed by atoms with Gasteiger partial charge in [-0.25, -0.2) is 0 Å². The van der Waals surface area contributed by atoms with Crippen LogP contribution in [-0.2, 0) is 19.1 Å². The van der Waals surface area contributed by atoms with E-state index in [1.807, 2.05) is 13.8 Å². The number of methoxy groups -OCH3 is 2. The van der Waals surface area contributed by atoms with Crippen LogP contribution in [0.4, 0.5) is 0 Å². The molecule has 0 aromatic carbocycles. The smallest absolute Gasteiger partial charge is 0.311 e. The highest BCUT2D eigenvalue weighted by molar-refractivity contribution is 5.77. The molecule has 0 amide bonds. The van der Waals surface area contributed by atoms with Gasteiger partial charge < -0.3 is 9.47 Å². The average Bonchev–Trinajstić information content (AvgIpc) is 2.83. The lowest BCUT2D eigenvalue weighted by molar-refractivity contribution is -0.175. The molecule has 0 unspecified atom stereocenters. The van der Waals surface area contributed by atoms with E-state index >= 15 is 0 Å². The van der Waals surface area contributed by atoms with Crippen molar-refractivity contribution in [3.63, 3.8) is 0 Å². The standard InChI is InChI=1S/C22H34O4/c1-19(2,18(24)26-6)15-8-10-22-12-11-20(3,14-22)9-7-16(22)21(15,4)13-17(23)25-5/h11-12,15-16H,7-10,13-14H2,1-6H3/t15-,16+,20-,21-,22+/m1/s1. The van der Waals surface area contributed by atoms with Crippen molar-refractivity contribution in [1.82, 2.24) is 0 Å². The number of esters is 2. The van der Waals surface area contributed by atoms with Gasteiger partial charge in [-0.15, -0.1) is 0 Å². The van der Waals surface area contributed by atoms with Crippen LogP contribution < -0.4 is 0 Å². The maximum absolute atomic E-state index is 12.6. The third-order valence-electron chi connectivity index (χ3n) is 8.07. The Morgan fingerprint density at radius 2 is 1.77 bits per heavy atom. The summed E-state index contributed by atoms with van der Waals surface area (Å²) in [6.45, 7) is 8.54. The molecule has 26 heavy (non-hydrogen) atoms. The summed E-state index contributed by atoms with van der Waals surface area (Å²) in [6, 6.07) is 0. The molecule has 0 N–H and O–H groups in total. The van der Waals surface area contributed by atoms with Gasteiger partial charge in [-0.2, -0.15) is 0 Å². The van der Waals surface area contributed by atoms with Crippen LogP contribution in [0, 0.1) is 33.5 Å². The van der Waals surface area contributed by atoms with Crippen LogP contribution in [0.5, 0.6) is 0 Å². The maximum atomic E-state index is 12.6. The number of allylic oxidation sites excluding steroid dienone is 2. The monoisotopic (exact) mass is 362 g/mol. The van der Waals surface area contributed by atoms with Crippen molar-refractivity contribution >= 4 is 11.9 Å². The molecule has 1 spiro atoms. The predicted molar refractivity (Wildman–Crippen MR) is 100 cm³/mol. The van der Waals surface area contributed by atoms with E-state index in [-0.39, 0.29) is 28.7 Å². The van der Waals surface area contributed by atoms with Crippen LogP contribution in [0.2, 0.25) is 0 Å². The quantitative estimate of drug-likeness (QED) is 0.545. The fourth-order valence-corrected chi connectivity index (χ4v) is 6.95. The Balaban J connectivity index is 2.04. The molecule has 3 aliphatic carbocycles. The highest BCUT2D eigenvalue weighted by Crippen LogP contribution is 2.69. The zero-order valence-corrected chi connectivity index (χ0v) is 17.2. The number of carbonyl (C=O) groups is 2. The molecule has 0 aromatic heterocycles. The molecule has 0 aromatic rings. The van der Waals surface area contributed by atoms with E-state index in [4.69, 9.17) is 9.47 Å². The number of ether oxygens (including phenoxy) is 2. The highest BCUT2D eigenvalue weighted by atomic mass is 16.5. The first kappa shape index (κ1) is 19.4. The van der Waals surface area contributed by atoms with Crippen molar-refractivity contribution in [3.8, 4) is 0 Å². The highest BCUT2D eigenvalue weighted by Gasteiger charge is 2.63. The lowest BCUT2D eigenvalue weighted by atomic mass is 9.43. The molecule has 0 saturated heterocycles. The first-order chi connectivity index (χ1) is 12.0.